The van der Waals surface area contributed by atoms with Crippen LogP contribution in [0.3, 0.4) is 0 Å². The molecule has 0 saturated carbocycles. The molecule has 19 heavy (non-hydrogen) atoms. The van der Waals surface area contributed by atoms with Crippen LogP contribution >= 0.6 is 0 Å². The van der Waals surface area contributed by atoms with Gasteiger partial charge in [-0.15, -0.1) is 10.2 Å². The Hall–Kier alpha value is -2.94. The molecule has 2 N–H and O–H groups in total. The third kappa shape index (κ3) is 2.09. The number of anilines is 1. The molecular formula is C13H10N6. The van der Waals surface area contributed by atoms with Crippen molar-refractivity contribution in [2.45, 2.75) is 6.54 Å². The summed E-state index contributed by atoms with van der Waals surface area (Å²) in [6.45, 7) is 0.570. The third-order valence-electron chi connectivity index (χ3n) is 2.80. The zero-order chi connectivity index (χ0) is 13.1. The topological polar surface area (TPSA) is 90.3 Å². The second-order valence-corrected chi connectivity index (χ2v) is 4.01. The Morgan fingerprint density at radius 2 is 2.16 bits per heavy atom. The predicted molar refractivity (Wildman–Crippen MR) is 70.2 cm³/mol. The average Bonchev–Trinajstić information content (AvgIpc) is 2.97. The van der Waals surface area contributed by atoms with Crippen molar-refractivity contribution in [1.82, 2.24) is 20.4 Å². The molecule has 0 bridgehead atoms. The SMILES string of the molecule is N#Cc1nnc2ccccc2c1NCc1cn[nH]c1. The van der Waals surface area contributed by atoms with E-state index in [4.69, 9.17) is 5.26 Å². The number of benzene rings is 1. The Bertz CT molecular complexity index is 741. The van der Waals surface area contributed by atoms with Gasteiger partial charge in [-0.3, -0.25) is 5.10 Å². The highest BCUT2D eigenvalue weighted by atomic mass is 15.1. The quantitative estimate of drug-likeness (QED) is 0.740. The van der Waals surface area contributed by atoms with E-state index in [2.05, 4.69) is 31.8 Å². The van der Waals surface area contributed by atoms with Crippen LogP contribution in [-0.2, 0) is 6.54 Å². The first-order chi connectivity index (χ1) is 9.38. The van der Waals surface area contributed by atoms with Gasteiger partial charge in [-0.1, -0.05) is 18.2 Å². The van der Waals surface area contributed by atoms with Crippen molar-refractivity contribution in [3.63, 3.8) is 0 Å². The lowest BCUT2D eigenvalue weighted by molar-refractivity contribution is 1.04. The largest absolute Gasteiger partial charge is 0.378 e. The van der Waals surface area contributed by atoms with Crippen molar-refractivity contribution in [3.8, 4) is 6.07 Å². The molecule has 0 aliphatic heterocycles. The zero-order valence-electron chi connectivity index (χ0n) is 9.96. The zero-order valence-corrected chi connectivity index (χ0v) is 9.96. The molecule has 2 aromatic heterocycles. The molecule has 3 rings (SSSR count). The summed E-state index contributed by atoms with van der Waals surface area (Å²) >= 11 is 0. The van der Waals surface area contributed by atoms with Crippen LogP contribution in [0.1, 0.15) is 11.3 Å². The van der Waals surface area contributed by atoms with Gasteiger partial charge in [0, 0.05) is 23.7 Å². The minimum Gasteiger partial charge on any atom is -0.378 e. The Morgan fingerprint density at radius 3 is 2.95 bits per heavy atom. The summed E-state index contributed by atoms with van der Waals surface area (Å²) in [7, 11) is 0. The van der Waals surface area contributed by atoms with E-state index in [0.717, 1.165) is 16.5 Å². The van der Waals surface area contributed by atoms with Gasteiger partial charge >= 0.3 is 0 Å². The molecule has 6 nitrogen and oxygen atoms in total. The molecule has 0 aliphatic rings. The highest BCUT2D eigenvalue weighted by Crippen LogP contribution is 2.24. The summed E-state index contributed by atoms with van der Waals surface area (Å²) in [5.74, 6) is 0. The lowest BCUT2D eigenvalue weighted by Gasteiger charge is -2.09. The second-order valence-electron chi connectivity index (χ2n) is 4.01. The Morgan fingerprint density at radius 1 is 1.26 bits per heavy atom. The number of H-pyrrole nitrogens is 1. The second kappa shape index (κ2) is 4.74. The first kappa shape index (κ1) is 11.2. The maximum Gasteiger partial charge on any atom is 0.186 e. The fourth-order valence-corrected chi connectivity index (χ4v) is 1.88. The fourth-order valence-electron chi connectivity index (χ4n) is 1.88. The van der Waals surface area contributed by atoms with Crippen molar-refractivity contribution in [2.24, 2.45) is 0 Å². The van der Waals surface area contributed by atoms with Crippen molar-refractivity contribution in [2.75, 3.05) is 5.32 Å². The number of hydrogen-bond donors (Lipinski definition) is 2. The van der Waals surface area contributed by atoms with Gasteiger partial charge in [0.1, 0.15) is 6.07 Å². The van der Waals surface area contributed by atoms with Crippen LogP contribution in [0.2, 0.25) is 0 Å². The van der Waals surface area contributed by atoms with Gasteiger partial charge < -0.3 is 5.32 Å². The number of rotatable bonds is 3. The normalized spacial score (nSPS) is 10.3. The summed E-state index contributed by atoms with van der Waals surface area (Å²) in [6, 6.07) is 9.65. The number of nitrogens with one attached hydrogen (secondary N) is 2. The molecule has 1 aromatic carbocycles. The molecule has 0 fully saturated rings. The van der Waals surface area contributed by atoms with Crippen LogP contribution in [0.5, 0.6) is 0 Å². The molecule has 92 valence electrons. The summed E-state index contributed by atoms with van der Waals surface area (Å²) in [5.41, 5.74) is 2.76. The molecule has 0 atom stereocenters. The average molecular weight is 250 g/mol. The van der Waals surface area contributed by atoms with Gasteiger partial charge in [0.25, 0.3) is 0 Å². The molecule has 0 radical (unpaired) electrons. The van der Waals surface area contributed by atoms with Crippen molar-refractivity contribution in [3.05, 3.63) is 47.9 Å². The number of fused-ring (bicyclic) bond motifs is 1. The highest BCUT2D eigenvalue weighted by molar-refractivity contribution is 5.92. The van der Waals surface area contributed by atoms with Crippen LogP contribution in [0.4, 0.5) is 5.69 Å². The monoisotopic (exact) mass is 250 g/mol. The van der Waals surface area contributed by atoms with E-state index >= 15 is 0 Å². The van der Waals surface area contributed by atoms with Crippen LogP contribution in [0.15, 0.2) is 36.7 Å². The third-order valence-corrected chi connectivity index (χ3v) is 2.80. The first-order valence-corrected chi connectivity index (χ1v) is 5.75. The summed E-state index contributed by atoms with van der Waals surface area (Å²) in [6.07, 6.45) is 3.53. The Labute approximate surface area is 109 Å². The molecule has 3 aromatic rings. The van der Waals surface area contributed by atoms with Gasteiger partial charge in [-0.25, -0.2) is 0 Å². The number of nitriles is 1. The predicted octanol–water partition coefficient (Wildman–Crippen LogP) is 1.84. The summed E-state index contributed by atoms with van der Waals surface area (Å²) in [5, 5.41) is 27.8. The maximum atomic E-state index is 9.12. The standard InChI is InChI=1S/C13H10N6/c14-5-12-13(15-6-9-7-16-17-8-9)10-3-1-2-4-11(10)18-19-12/h1-4,7-8H,6H2,(H,15,18)(H,16,17). The van der Waals surface area contributed by atoms with E-state index in [-0.39, 0.29) is 0 Å². The fraction of sp³-hybridized carbons (Fsp3) is 0.0769. The summed E-state index contributed by atoms with van der Waals surface area (Å²) < 4.78 is 0. The van der Waals surface area contributed by atoms with Crippen LogP contribution in [-0.4, -0.2) is 20.4 Å². The molecule has 0 unspecified atom stereocenters. The molecule has 0 saturated heterocycles. The smallest absolute Gasteiger partial charge is 0.186 e. The molecule has 0 spiro atoms. The van der Waals surface area contributed by atoms with Gasteiger partial charge in [0.15, 0.2) is 5.69 Å². The Balaban J connectivity index is 2.02. The van der Waals surface area contributed by atoms with Gasteiger partial charge in [-0.2, -0.15) is 10.4 Å². The van der Waals surface area contributed by atoms with E-state index in [1.807, 2.05) is 24.3 Å². The number of aromatic amines is 1. The minimum absolute atomic E-state index is 0.294. The Kier molecular flexibility index (Phi) is 2.79. The highest BCUT2D eigenvalue weighted by Gasteiger charge is 2.09. The van der Waals surface area contributed by atoms with E-state index in [0.29, 0.717) is 17.9 Å². The van der Waals surface area contributed by atoms with E-state index in [1.165, 1.54) is 0 Å². The van der Waals surface area contributed by atoms with E-state index in [9.17, 15) is 0 Å². The number of hydrogen-bond acceptors (Lipinski definition) is 5. The lowest BCUT2D eigenvalue weighted by Crippen LogP contribution is -2.04. The van der Waals surface area contributed by atoms with E-state index in [1.54, 1.807) is 12.4 Å². The van der Waals surface area contributed by atoms with Gasteiger partial charge in [0.2, 0.25) is 0 Å². The molecular weight excluding hydrogens is 240 g/mol. The minimum atomic E-state index is 0.294. The summed E-state index contributed by atoms with van der Waals surface area (Å²) in [4.78, 5) is 0. The van der Waals surface area contributed by atoms with Crippen LogP contribution in [0.25, 0.3) is 10.9 Å². The number of aromatic nitrogens is 4. The van der Waals surface area contributed by atoms with Crippen molar-refractivity contribution < 1.29 is 0 Å². The van der Waals surface area contributed by atoms with Gasteiger partial charge in [0.05, 0.1) is 17.4 Å². The molecule has 0 aliphatic carbocycles. The van der Waals surface area contributed by atoms with Crippen LogP contribution < -0.4 is 5.32 Å². The number of nitrogens with zero attached hydrogens (tertiary/aromatic N) is 4. The van der Waals surface area contributed by atoms with Gasteiger partial charge in [-0.05, 0) is 6.07 Å². The maximum absolute atomic E-state index is 9.12. The van der Waals surface area contributed by atoms with Crippen molar-refractivity contribution >= 4 is 16.6 Å². The first-order valence-electron chi connectivity index (χ1n) is 5.75. The van der Waals surface area contributed by atoms with E-state index < -0.39 is 0 Å². The van der Waals surface area contributed by atoms with Crippen LogP contribution in [0, 0.1) is 11.3 Å². The molecule has 6 heteroatoms. The molecule has 0 amide bonds. The lowest BCUT2D eigenvalue weighted by atomic mass is 10.1. The van der Waals surface area contributed by atoms with Crippen molar-refractivity contribution in [1.29, 1.82) is 5.26 Å². The molecule has 2 heterocycles.